The lowest BCUT2D eigenvalue weighted by Crippen LogP contribution is -2.62. The van der Waals surface area contributed by atoms with Crippen LogP contribution in [0.15, 0.2) is 115 Å². The Balaban J connectivity index is 1.10. The number of hydrogen-bond acceptors (Lipinski definition) is 3. The molecule has 7 aliphatic rings. The van der Waals surface area contributed by atoms with Gasteiger partial charge in [0, 0.05) is 61.7 Å². The highest BCUT2D eigenvalue weighted by atomic mass is 15.3. The zero-order valence-corrected chi connectivity index (χ0v) is 53.3. The summed E-state index contributed by atoms with van der Waals surface area (Å²) in [5.41, 5.74) is 26.5. The minimum atomic E-state index is -0.166. The molecule has 422 valence electrons. The maximum absolute atomic E-state index is 3.71. The average molecular weight is 1090 g/mol. The summed E-state index contributed by atoms with van der Waals surface area (Å²) in [7, 11) is 0. The van der Waals surface area contributed by atoms with Crippen molar-refractivity contribution in [2.75, 3.05) is 14.7 Å². The van der Waals surface area contributed by atoms with E-state index in [9.17, 15) is 0 Å². The van der Waals surface area contributed by atoms with Gasteiger partial charge >= 0.3 is 0 Å². The maximum Gasteiger partial charge on any atom is 0.252 e. The lowest BCUT2D eigenvalue weighted by Gasteiger charge is -2.51. The van der Waals surface area contributed by atoms with E-state index in [-0.39, 0.29) is 55.6 Å². The zero-order valence-electron chi connectivity index (χ0n) is 53.3. The van der Waals surface area contributed by atoms with Gasteiger partial charge in [-0.2, -0.15) is 0 Å². The molecule has 0 amide bonds. The van der Waals surface area contributed by atoms with Crippen molar-refractivity contribution in [1.82, 2.24) is 0 Å². The van der Waals surface area contributed by atoms with Crippen LogP contribution < -0.4 is 31.1 Å². The second-order valence-corrected chi connectivity index (χ2v) is 32.8. The highest BCUT2D eigenvalue weighted by Gasteiger charge is 2.59. The predicted octanol–water partition coefficient (Wildman–Crippen LogP) is 19.4. The van der Waals surface area contributed by atoms with Gasteiger partial charge in [0.25, 0.3) is 6.71 Å². The molecule has 0 bridgehead atoms. The van der Waals surface area contributed by atoms with Crippen LogP contribution in [0.5, 0.6) is 0 Å². The number of hydrogen-bond donors (Lipinski definition) is 0. The Labute approximate surface area is 498 Å². The van der Waals surface area contributed by atoms with Crippen molar-refractivity contribution in [3.05, 3.63) is 172 Å². The molecule has 2 unspecified atom stereocenters. The van der Waals surface area contributed by atoms with Crippen LogP contribution in [0.2, 0.25) is 0 Å². The molecule has 0 radical (unpaired) electrons. The minimum absolute atomic E-state index is 0.00615. The quantitative estimate of drug-likeness (QED) is 0.163. The molecule has 15 rings (SSSR count). The van der Waals surface area contributed by atoms with Crippen LogP contribution in [-0.2, 0) is 43.3 Å². The third-order valence-electron chi connectivity index (χ3n) is 23.6. The molecule has 8 aromatic carbocycles. The normalized spacial score (nSPS) is 24.0. The van der Waals surface area contributed by atoms with Crippen molar-refractivity contribution < 1.29 is 0 Å². The fourth-order valence-electron chi connectivity index (χ4n) is 18.5. The predicted molar refractivity (Wildman–Crippen MR) is 356 cm³/mol. The third kappa shape index (κ3) is 7.31. The summed E-state index contributed by atoms with van der Waals surface area (Å²) in [6.07, 6.45) is 10.6. The first kappa shape index (κ1) is 53.3. The van der Waals surface area contributed by atoms with Crippen molar-refractivity contribution in [2.45, 2.75) is 224 Å². The van der Waals surface area contributed by atoms with Gasteiger partial charge in [-0.1, -0.05) is 190 Å². The largest absolute Gasteiger partial charge is 0.334 e. The van der Waals surface area contributed by atoms with Gasteiger partial charge in [-0.15, -0.1) is 0 Å². The fraction of sp³-hybridized carbons (Fsp3) is 0.443. The van der Waals surface area contributed by atoms with Crippen LogP contribution in [0.1, 0.15) is 220 Å². The molecule has 2 atom stereocenters. The number of benzene rings is 7. The molecule has 4 heteroatoms. The fourth-order valence-corrected chi connectivity index (χ4v) is 18.5. The monoisotopic (exact) mass is 1090 g/mol. The SMILES string of the molecule is CC(C)(C)c1ccc2c(c1)C1(C)CCCCC1(C)N2c1cc2c3c(c1)N(c1ccc4c(c#cc5ccccc54)c1)c1cc4c(cc1B3c1cc3c(cc1N2c1ccc2c(c1)C(C)(C)CCC2(C)C)C(C)(C)CCC3(C)C)C(C)(C)CC4(C)C. The highest BCUT2D eigenvalue weighted by molar-refractivity contribution is 7.00. The zero-order chi connectivity index (χ0) is 58.3. The maximum atomic E-state index is 3.71. The number of rotatable bonds is 3. The lowest BCUT2D eigenvalue weighted by molar-refractivity contribution is 0.195. The van der Waals surface area contributed by atoms with Crippen LogP contribution in [0.25, 0.3) is 21.5 Å². The Hall–Kier alpha value is -6.44. The Morgan fingerprint density at radius 1 is 0.398 bits per heavy atom. The number of nitrogens with zero attached hydrogens (tertiary/aromatic N) is 3. The molecule has 0 N–H and O–H groups in total. The Bertz CT molecular complexity index is 4140. The van der Waals surface area contributed by atoms with Crippen molar-refractivity contribution in [1.29, 1.82) is 0 Å². The van der Waals surface area contributed by atoms with Crippen molar-refractivity contribution in [2.24, 2.45) is 0 Å². The van der Waals surface area contributed by atoms with Crippen molar-refractivity contribution in [3.8, 4) is 0 Å². The third-order valence-corrected chi connectivity index (χ3v) is 23.6. The Morgan fingerprint density at radius 3 is 1.53 bits per heavy atom. The molecule has 8 aromatic rings. The van der Waals surface area contributed by atoms with Gasteiger partial charge in [-0.25, -0.2) is 0 Å². The molecule has 3 heterocycles. The van der Waals surface area contributed by atoms with Gasteiger partial charge in [0.2, 0.25) is 0 Å². The summed E-state index contributed by atoms with van der Waals surface area (Å²) in [5.74, 6) is 0. The van der Waals surface area contributed by atoms with Gasteiger partial charge in [-0.05, 0) is 222 Å². The molecule has 0 aromatic heterocycles. The highest BCUT2D eigenvalue weighted by Crippen LogP contribution is 2.63. The summed E-state index contributed by atoms with van der Waals surface area (Å²) in [6.45, 7) is 42.5. The average Bonchev–Trinajstić information content (AvgIpc) is 1.72. The first-order chi connectivity index (χ1) is 38.9. The molecule has 4 aliphatic carbocycles. The van der Waals surface area contributed by atoms with Crippen molar-refractivity contribution >= 4 is 90.1 Å². The van der Waals surface area contributed by atoms with Gasteiger partial charge in [0.1, 0.15) is 0 Å². The van der Waals surface area contributed by atoms with E-state index in [4.69, 9.17) is 0 Å². The summed E-state index contributed by atoms with van der Waals surface area (Å²) in [6, 6.07) is 54.8. The van der Waals surface area contributed by atoms with E-state index in [0.717, 1.165) is 30.0 Å². The van der Waals surface area contributed by atoms with Crippen LogP contribution in [0, 0.1) is 12.1 Å². The molecule has 0 spiro atoms. The van der Waals surface area contributed by atoms with Gasteiger partial charge in [-0.3, -0.25) is 0 Å². The van der Waals surface area contributed by atoms with E-state index >= 15 is 0 Å². The van der Waals surface area contributed by atoms with Crippen LogP contribution in [0.4, 0.5) is 45.5 Å². The molecular weight excluding hydrogens is 1000 g/mol. The Morgan fingerprint density at radius 2 is 0.904 bits per heavy atom. The second kappa shape index (κ2) is 16.7. The molecule has 3 aliphatic heterocycles. The van der Waals surface area contributed by atoms with Gasteiger partial charge in [0.15, 0.2) is 0 Å². The number of fused-ring (bicyclic) bond motifs is 13. The molecule has 1 saturated carbocycles. The topological polar surface area (TPSA) is 9.72 Å². The van der Waals surface area contributed by atoms with Crippen LogP contribution in [0.3, 0.4) is 0 Å². The molecular formula is C79H88BN3. The van der Waals surface area contributed by atoms with E-state index in [2.05, 4.69) is 260 Å². The molecule has 83 heavy (non-hydrogen) atoms. The van der Waals surface area contributed by atoms with Crippen LogP contribution in [-0.4, -0.2) is 12.3 Å². The van der Waals surface area contributed by atoms with Crippen molar-refractivity contribution in [3.63, 3.8) is 0 Å². The summed E-state index contributed by atoms with van der Waals surface area (Å²) < 4.78 is 0. The standard InChI is InChI=1S/C79H88BN3/c1-71(2,3)50-26-31-65-62(39-50)78(16)32-20-21-33-79(78,17)83(65)53-41-68-70-69(42-53)82(52-28-30-56-57(40-52)73(6,7)35-34-72(56,4)5)66-45-60-58(74(8,9)36-37-75(60,10)11)43-63(66)80(70)64-44-59-61(77(14,15)47-76(59,12)13)46-67(64)81(68)51-27-29-55-49(38-51)25-24-48-22-18-19-23-54(48)55/h18-19,22-23,26-31,38-46H,20-21,32-37,47H2,1-17H3. The van der Waals surface area contributed by atoms with E-state index in [1.807, 2.05) is 0 Å². The van der Waals surface area contributed by atoms with E-state index in [1.165, 1.54) is 156 Å². The molecule has 3 nitrogen and oxygen atoms in total. The van der Waals surface area contributed by atoms with E-state index in [1.54, 1.807) is 0 Å². The smallest absolute Gasteiger partial charge is 0.252 e. The van der Waals surface area contributed by atoms with Gasteiger partial charge < -0.3 is 14.7 Å². The summed E-state index contributed by atoms with van der Waals surface area (Å²) in [4.78, 5) is 8.40. The van der Waals surface area contributed by atoms with E-state index in [0.29, 0.717) is 0 Å². The molecule has 0 saturated heterocycles. The summed E-state index contributed by atoms with van der Waals surface area (Å²) in [5, 5.41) is 4.63. The Kier molecular flexibility index (Phi) is 10.7. The van der Waals surface area contributed by atoms with E-state index < -0.39 is 0 Å². The summed E-state index contributed by atoms with van der Waals surface area (Å²) >= 11 is 0. The lowest BCUT2D eigenvalue weighted by atomic mass is 9.33. The second-order valence-electron chi connectivity index (χ2n) is 32.8. The van der Waals surface area contributed by atoms with Gasteiger partial charge in [0.05, 0.1) is 5.54 Å². The minimum Gasteiger partial charge on any atom is -0.334 e. The van der Waals surface area contributed by atoms with Crippen LogP contribution >= 0.6 is 0 Å². The first-order valence-corrected chi connectivity index (χ1v) is 32.0. The molecule has 1 fully saturated rings. The number of anilines is 8. The first-order valence-electron chi connectivity index (χ1n) is 32.0.